The van der Waals surface area contributed by atoms with E-state index in [1.165, 1.54) is 267 Å². The lowest BCUT2D eigenvalue weighted by Gasteiger charge is -2.41. The van der Waals surface area contributed by atoms with Crippen molar-refractivity contribution in [1.82, 2.24) is 71.9 Å². The highest BCUT2D eigenvalue weighted by atomic mass is 15.3. The maximum atomic E-state index is 3.28. The first-order valence-electron chi connectivity index (χ1n) is 27.3. The SMILES string of the molecule is C1CCNC1.C1CCNCC1.C1CN1.C1CN2CCC1C2.C1CN2CCC1CC2.C1CN2CCN(C1)CC2.C1CN2CCN1CC2.C1CNC1.C1CNCCN1.C1CNCCNC1. The molecule has 0 aromatic heterocycles. The molecule has 0 aliphatic carbocycles. The van der Waals surface area contributed by atoms with Crippen LogP contribution in [0.25, 0.3) is 0 Å². The molecule has 0 amide bonds. The normalized spacial score (nSPS) is 34.7. The van der Waals surface area contributed by atoms with E-state index in [4.69, 9.17) is 0 Å². The topological polar surface area (TPSA) is 126 Å². The number of nitrogens with zero attached hydrogens (tertiary/aromatic N) is 6. The van der Waals surface area contributed by atoms with Crippen LogP contribution >= 0.6 is 0 Å². The summed E-state index contributed by atoms with van der Waals surface area (Å²) in [5.74, 6) is 2.21. The molecule has 63 heavy (non-hydrogen) atoms. The monoisotopic (exact) mass is 889 g/mol. The summed E-state index contributed by atoms with van der Waals surface area (Å²) in [7, 11) is 0. The minimum Gasteiger partial charge on any atom is -0.317 e. The molecule has 17 aliphatic heterocycles. The van der Waals surface area contributed by atoms with E-state index in [0.29, 0.717) is 0 Å². The van der Waals surface area contributed by atoms with Crippen molar-refractivity contribution in [3.05, 3.63) is 0 Å². The van der Waals surface area contributed by atoms with Gasteiger partial charge in [0.15, 0.2) is 0 Å². The number of hydrogen-bond acceptors (Lipinski definition) is 14. The first kappa shape index (κ1) is 53.4. The van der Waals surface area contributed by atoms with Crippen molar-refractivity contribution in [2.24, 2.45) is 11.8 Å². The van der Waals surface area contributed by atoms with Crippen molar-refractivity contribution < 1.29 is 0 Å². The summed E-state index contributed by atoms with van der Waals surface area (Å²) in [6.45, 7) is 43.5. The van der Waals surface area contributed by atoms with Gasteiger partial charge in [-0.05, 0) is 187 Å². The van der Waals surface area contributed by atoms with Crippen LogP contribution in [0.2, 0.25) is 0 Å². The van der Waals surface area contributed by atoms with Gasteiger partial charge < -0.3 is 62.1 Å². The van der Waals surface area contributed by atoms with Crippen LogP contribution in [0.1, 0.15) is 83.5 Å². The highest BCUT2D eigenvalue weighted by Crippen LogP contribution is 2.27. The van der Waals surface area contributed by atoms with Crippen LogP contribution in [-0.4, -0.2) is 252 Å². The van der Waals surface area contributed by atoms with Crippen molar-refractivity contribution in [3.63, 3.8) is 0 Å². The zero-order chi connectivity index (χ0) is 43.5. The van der Waals surface area contributed by atoms with Crippen molar-refractivity contribution >= 4 is 0 Å². The Balaban J connectivity index is 0.000000133. The molecule has 14 heteroatoms. The molecule has 0 aromatic carbocycles. The Hall–Kier alpha value is -0.560. The lowest BCUT2D eigenvalue weighted by atomic mass is 9.89. The first-order valence-corrected chi connectivity index (χ1v) is 27.3. The lowest BCUT2D eigenvalue weighted by Crippen LogP contribution is -2.55. The number of hydrogen-bond donors (Lipinski definition) is 8. The number of nitrogens with one attached hydrogen (secondary N) is 8. The average Bonchev–Trinajstić information content (AvgIpc) is 4.04. The van der Waals surface area contributed by atoms with Crippen LogP contribution in [0, 0.1) is 11.8 Å². The van der Waals surface area contributed by atoms with Gasteiger partial charge in [0.1, 0.15) is 0 Å². The summed E-state index contributed by atoms with van der Waals surface area (Å²) in [5.41, 5.74) is 0. The summed E-state index contributed by atoms with van der Waals surface area (Å²) in [6.07, 6.45) is 18.5. The van der Waals surface area contributed by atoms with E-state index >= 15 is 0 Å². The van der Waals surface area contributed by atoms with Crippen LogP contribution in [0.15, 0.2) is 0 Å². The minimum absolute atomic E-state index is 1.10. The summed E-state index contributed by atoms with van der Waals surface area (Å²) in [4.78, 5) is 15.4. The molecular weight excluding hydrogens is 785 g/mol. The highest BCUT2D eigenvalue weighted by molar-refractivity contribution is 4.83. The minimum atomic E-state index is 1.10. The Morgan fingerprint density at radius 1 is 0.190 bits per heavy atom. The standard InChI is InChI=1S/C7H14N2.C7H13N.C6H12N2.C6H11N.C5H12N2.C5H11N.C4H10N2.C4H9N.C3H7N.C2H5N/c1-2-8-4-6-9(3-1)7-5-8;1-4-8-5-2-7(1)3-6-8;1-2-8-5-3-7(1)4-6-8;1-3-7-4-2-6(1)5-7;1-2-6-4-5-7-3-1;1-2-4-6-5-3-1;1-2-6-4-3-5-1;1-2-4-5-3-1;1-2-4-3-1;1-2-3-1/h1-7H2;7H,1-6H2;1-6H2;6H,1-5H2;6-7H,1-5H2;6H,1-5H2;5-6H,1-4H2;5H,1-4H2;4H,1-3H2;3H,1-2H2. The van der Waals surface area contributed by atoms with Gasteiger partial charge in [-0.3, -0.25) is 9.80 Å². The molecule has 0 atom stereocenters. The van der Waals surface area contributed by atoms with Gasteiger partial charge in [-0.1, -0.05) is 6.42 Å². The predicted octanol–water partition coefficient (Wildman–Crippen LogP) is 0.887. The first-order chi connectivity index (χ1) is 31.3. The van der Waals surface area contributed by atoms with E-state index in [1.54, 1.807) is 0 Å². The Morgan fingerprint density at radius 3 is 0.635 bits per heavy atom. The Morgan fingerprint density at radius 2 is 0.444 bits per heavy atom. The lowest BCUT2D eigenvalue weighted by molar-refractivity contribution is 0.0647. The summed E-state index contributed by atoms with van der Waals surface area (Å²) in [6, 6.07) is 0. The Labute approximate surface area is 388 Å². The average molecular weight is 889 g/mol. The molecule has 0 spiro atoms. The molecule has 17 fully saturated rings. The molecule has 0 aromatic rings. The molecule has 0 radical (unpaired) electrons. The van der Waals surface area contributed by atoms with Crippen LogP contribution in [0.5, 0.6) is 0 Å². The molecule has 0 unspecified atom stereocenters. The number of piperidine rings is 5. The van der Waals surface area contributed by atoms with E-state index in [0.717, 1.165) is 51.1 Å². The van der Waals surface area contributed by atoms with Gasteiger partial charge in [0, 0.05) is 124 Å². The van der Waals surface area contributed by atoms with E-state index in [9.17, 15) is 0 Å². The molecule has 17 saturated heterocycles. The maximum absolute atomic E-state index is 3.28. The van der Waals surface area contributed by atoms with Crippen molar-refractivity contribution in [2.75, 3.05) is 223 Å². The second-order valence-corrected chi connectivity index (χ2v) is 20.0. The molecular formula is C49H104N14. The van der Waals surface area contributed by atoms with E-state index in [-0.39, 0.29) is 0 Å². The number of piperazine rings is 5. The summed E-state index contributed by atoms with van der Waals surface area (Å²) < 4.78 is 0. The molecule has 17 rings (SSSR count). The molecule has 370 valence electrons. The van der Waals surface area contributed by atoms with Gasteiger partial charge in [-0.25, -0.2) is 0 Å². The fourth-order valence-electron chi connectivity index (χ4n) is 9.83. The fourth-order valence-corrected chi connectivity index (χ4v) is 9.83. The largest absolute Gasteiger partial charge is 0.317 e. The van der Waals surface area contributed by atoms with Gasteiger partial charge in [0.25, 0.3) is 0 Å². The van der Waals surface area contributed by atoms with Gasteiger partial charge in [-0.15, -0.1) is 0 Å². The van der Waals surface area contributed by atoms with Crippen LogP contribution in [-0.2, 0) is 0 Å². The van der Waals surface area contributed by atoms with Crippen molar-refractivity contribution in [3.8, 4) is 0 Å². The third-order valence-electron chi connectivity index (χ3n) is 14.7. The third kappa shape index (κ3) is 27.8. The maximum Gasteiger partial charge on any atom is 0.0110 e. The number of fused-ring (bicyclic) bond motifs is 12. The Kier molecular flexibility index (Phi) is 30.9. The van der Waals surface area contributed by atoms with Crippen molar-refractivity contribution in [2.45, 2.75) is 83.5 Å². The van der Waals surface area contributed by atoms with Crippen LogP contribution in [0.3, 0.4) is 0 Å². The Bertz CT molecular complexity index is 828. The molecule has 17 aliphatic rings. The van der Waals surface area contributed by atoms with E-state index in [2.05, 4.69) is 71.9 Å². The van der Waals surface area contributed by atoms with Crippen molar-refractivity contribution in [1.29, 1.82) is 0 Å². The molecule has 8 N–H and O–H groups in total. The van der Waals surface area contributed by atoms with Gasteiger partial charge in [0.05, 0.1) is 0 Å². The zero-order valence-electron chi connectivity index (χ0n) is 41.1. The summed E-state index contributed by atoms with van der Waals surface area (Å²) >= 11 is 0. The number of rotatable bonds is 0. The molecule has 14 nitrogen and oxygen atoms in total. The predicted molar refractivity (Wildman–Crippen MR) is 269 cm³/mol. The zero-order valence-corrected chi connectivity index (χ0v) is 41.1. The fraction of sp³-hybridized carbons (Fsp3) is 1.00. The van der Waals surface area contributed by atoms with E-state index < -0.39 is 0 Å². The molecule has 17 heterocycles. The third-order valence-corrected chi connectivity index (χ3v) is 14.7. The van der Waals surface area contributed by atoms with E-state index in [1.807, 2.05) is 0 Å². The van der Waals surface area contributed by atoms with Gasteiger partial charge in [0.2, 0.25) is 0 Å². The quantitative estimate of drug-likeness (QED) is 0.164. The second kappa shape index (κ2) is 36.5. The molecule has 0 saturated carbocycles. The summed E-state index contributed by atoms with van der Waals surface area (Å²) in [5, 5.41) is 25.6. The van der Waals surface area contributed by atoms with Gasteiger partial charge >= 0.3 is 0 Å². The molecule has 8 bridgehead atoms. The van der Waals surface area contributed by atoms with Crippen LogP contribution < -0.4 is 42.5 Å². The second-order valence-electron chi connectivity index (χ2n) is 20.0. The highest BCUT2D eigenvalue weighted by Gasteiger charge is 2.28. The van der Waals surface area contributed by atoms with Crippen LogP contribution in [0.4, 0.5) is 0 Å². The smallest absolute Gasteiger partial charge is 0.0110 e. The van der Waals surface area contributed by atoms with Gasteiger partial charge in [-0.2, -0.15) is 0 Å².